The molecule has 10 nitrogen and oxygen atoms in total. The average molecular weight is 438 g/mol. The van der Waals surface area contributed by atoms with Gasteiger partial charge >= 0.3 is 0 Å². The van der Waals surface area contributed by atoms with Crippen LogP contribution in [-0.2, 0) is 0 Å². The van der Waals surface area contributed by atoms with Gasteiger partial charge in [0, 0.05) is 38.1 Å². The average Bonchev–Trinajstić information content (AvgIpc) is 3.29. The van der Waals surface area contributed by atoms with Crippen LogP contribution in [0.4, 0.5) is 17.5 Å². The number of carbonyl (C=O) groups is 1. The van der Waals surface area contributed by atoms with Gasteiger partial charge < -0.3 is 20.5 Å². The number of hydrogen-bond acceptors (Lipinski definition) is 7. The molecule has 10 heteroatoms. The van der Waals surface area contributed by atoms with Crippen LogP contribution in [-0.4, -0.2) is 52.5 Å². The molecular weight excluding hydrogens is 410 g/mol. The maximum Gasteiger partial charge on any atom is 0.287 e. The third-order valence-electron chi connectivity index (χ3n) is 5.86. The highest BCUT2D eigenvalue weighted by Gasteiger charge is 2.23. The van der Waals surface area contributed by atoms with E-state index in [4.69, 9.17) is 4.98 Å². The van der Waals surface area contributed by atoms with Crippen LogP contribution in [0.1, 0.15) is 36.2 Å². The van der Waals surface area contributed by atoms with Gasteiger partial charge in [0.15, 0.2) is 0 Å². The molecule has 3 aromatic rings. The van der Waals surface area contributed by atoms with Crippen LogP contribution in [0.5, 0.6) is 0 Å². The molecule has 2 aromatic heterocycles. The normalized spacial score (nSPS) is 18.3. The van der Waals surface area contributed by atoms with Crippen LogP contribution in [0.3, 0.4) is 0 Å². The van der Waals surface area contributed by atoms with Crippen molar-refractivity contribution >= 4 is 34.3 Å². The van der Waals surface area contributed by atoms with E-state index in [2.05, 4.69) is 20.6 Å². The minimum absolute atomic E-state index is 0.116. The number of nitro groups is 1. The van der Waals surface area contributed by atoms with Crippen molar-refractivity contribution < 1.29 is 9.72 Å². The minimum Gasteiger partial charge on any atom is -0.362 e. The van der Waals surface area contributed by atoms with E-state index >= 15 is 0 Å². The van der Waals surface area contributed by atoms with E-state index in [0.29, 0.717) is 18.4 Å². The minimum atomic E-state index is -0.525. The summed E-state index contributed by atoms with van der Waals surface area (Å²) in [5.74, 6) is 1.58. The zero-order valence-corrected chi connectivity index (χ0v) is 18.2. The second kappa shape index (κ2) is 9.21. The zero-order valence-electron chi connectivity index (χ0n) is 18.2. The standard InChI is InChI=1S/C22H27N7O3/c1-28(2)20-17-5-3-4-6-18(17)26-22(27-20)25-15-9-7-14(8-10-15)12-24-21(30)19-11-16(13-23-19)29(31)32/h3-6,11,13-15,23H,7-10,12H2,1-2H3,(H,24,30)(H,25,26,27). The molecule has 0 spiro atoms. The van der Waals surface area contributed by atoms with Gasteiger partial charge in [0.05, 0.1) is 16.6 Å². The summed E-state index contributed by atoms with van der Waals surface area (Å²) in [7, 11) is 3.95. The number of carbonyl (C=O) groups excluding carboxylic acids is 1. The van der Waals surface area contributed by atoms with Crippen LogP contribution in [0.2, 0.25) is 0 Å². The van der Waals surface area contributed by atoms with E-state index in [1.54, 1.807) is 0 Å². The van der Waals surface area contributed by atoms with Crippen LogP contribution < -0.4 is 15.5 Å². The lowest BCUT2D eigenvalue weighted by Gasteiger charge is -2.29. The van der Waals surface area contributed by atoms with Crippen LogP contribution in [0, 0.1) is 16.0 Å². The van der Waals surface area contributed by atoms with Crippen molar-refractivity contribution in [2.24, 2.45) is 5.92 Å². The Kier molecular flexibility index (Phi) is 6.20. The van der Waals surface area contributed by atoms with Crippen molar-refractivity contribution in [3.63, 3.8) is 0 Å². The first-order valence-electron chi connectivity index (χ1n) is 10.7. The predicted molar refractivity (Wildman–Crippen MR) is 123 cm³/mol. The molecule has 2 heterocycles. The number of anilines is 2. The fourth-order valence-electron chi connectivity index (χ4n) is 4.11. The quantitative estimate of drug-likeness (QED) is 0.382. The van der Waals surface area contributed by atoms with Gasteiger partial charge in [0.2, 0.25) is 5.95 Å². The summed E-state index contributed by atoms with van der Waals surface area (Å²) < 4.78 is 0. The first-order chi connectivity index (χ1) is 15.4. The van der Waals surface area contributed by atoms with E-state index < -0.39 is 4.92 Å². The number of amides is 1. The predicted octanol–water partition coefficient (Wildman–Crippen LogP) is 3.33. The Morgan fingerprint density at radius 2 is 1.97 bits per heavy atom. The van der Waals surface area contributed by atoms with Crippen molar-refractivity contribution in [1.82, 2.24) is 20.3 Å². The Hall–Kier alpha value is -3.69. The largest absolute Gasteiger partial charge is 0.362 e. The van der Waals surface area contributed by atoms with Crippen molar-refractivity contribution in [3.05, 3.63) is 52.3 Å². The van der Waals surface area contributed by atoms with Crippen molar-refractivity contribution in [2.75, 3.05) is 30.9 Å². The molecule has 32 heavy (non-hydrogen) atoms. The number of rotatable bonds is 7. The molecule has 0 aliphatic heterocycles. The van der Waals surface area contributed by atoms with Crippen LogP contribution in [0.25, 0.3) is 10.9 Å². The molecule has 1 aliphatic rings. The monoisotopic (exact) mass is 437 g/mol. The highest BCUT2D eigenvalue weighted by Crippen LogP contribution is 2.28. The molecule has 4 rings (SSSR count). The summed E-state index contributed by atoms with van der Waals surface area (Å²) in [6.07, 6.45) is 5.08. The molecule has 1 aliphatic carbocycles. The first-order valence-corrected chi connectivity index (χ1v) is 10.7. The molecule has 3 N–H and O–H groups in total. The summed E-state index contributed by atoms with van der Waals surface area (Å²) in [5.41, 5.74) is 1.00. The van der Waals surface area contributed by atoms with E-state index in [0.717, 1.165) is 42.4 Å². The third kappa shape index (κ3) is 4.79. The zero-order chi connectivity index (χ0) is 22.7. The second-order valence-electron chi connectivity index (χ2n) is 8.38. The Bertz CT molecular complexity index is 1120. The third-order valence-corrected chi connectivity index (χ3v) is 5.86. The molecule has 168 valence electrons. The number of aromatic amines is 1. The topological polar surface area (TPSA) is 129 Å². The van der Waals surface area contributed by atoms with Crippen LogP contribution in [0.15, 0.2) is 36.5 Å². The Balaban J connectivity index is 1.30. The fourth-order valence-corrected chi connectivity index (χ4v) is 4.11. The van der Waals surface area contributed by atoms with E-state index in [-0.39, 0.29) is 23.3 Å². The molecule has 1 aromatic carbocycles. The number of fused-ring (bicyclic) bond motifs is 1. The first kappa shape index (κ1) is 21.5. The second-order valence-corrected chi connectivity index (χ2v) is 8.38. The Morgan fingerprint density at radius 3 is 2.66 bits per heavy atom. The molecule has 0 unspecified atom stereocenters. The Morgan fingerprint density at radius 1 is 1.22 bits per heavy atom. The van der Waals surface area contributed by atoms with E-state index in [1.165, 1.54) is 12.3 Å². The van der Waals surface area contributed by atoms with Gasteiger partial charge in [0.1, 0.15) is 11.5 Å². The summed E-state index contributed by atoms with van der Waals surface area (Å²) >= 11 is 0. The van der Waals surface area contributed by atoms with Gasteiger partial charge in [-0.1, -0.05) is 12.1 Å². The van der Waals surface area contributed by atoms with Crippen molar-refractivity contribution in [3.8, 4) is 0 Å². The number of para-hydroxylation sites is 1. The molecule has 1 saturated carbocycles. The van der Waals surface area contributed by atoms with Crippen molar-refractivity contribution in [2.45, 2.75) is 31.7 Å². The lowest BCUT2D eigenvalue weighted by atomic mass is 9.86. The summed E-state index contributed by atoms with van der Waals surface area (Å²) in [6, 6.07) is 9.52. The molecule has 0 atom stereocenters. The van der Waals surface area contributed by atoms with Gasteiger partial charge in [-0.05, 0) is 43.7 Å². The summed E-state index contributed by atoms with van der Waals surface area (Å²) in [6.45, 7) is 0.551. The lowest BCUT2D eigenvalue weighted by Crippen LogP contribution is -2.34. The van der Waals surface area contributed by atoms with Gasteiger partial charge in [0.25, 0.3) is 11.6 Å². The number of hydrogen-bond donors (Lipinski definition) is 3. The highest BCUT2D eigenvalue weighted by molar-refractivity contribution is 5.93. The van der Waals surface area contributed by atoms with Gasteiger partial charge in [-0.25, -0.2) is 4.98 Å². The maximum absolute atomic E-state index is 12.2. The van der Waals surface area contributed by atoms with Gasteiger partial charge in [-0.2, -0.15) is 4.98 Å². The highest BCUT2D eigenvalue weighted by atomic mass is 16.6. The number of benzene rings is 1. The number of H-pyrrole nitrogens is 1. The molecule has 0 bridgehead atoms. The van der Waals surface area contributed by atoms with E-state index in [9.17, 15) is 14.9 Å². The summed E-state index contributed by atoms with van der Waals surface area (Å²) in [5, 5.41) is 18.1. The molecule has 1 amide bonds. The number of nitrogens with one attached hydrogen (secondary N) is 3. The smallest absolute Gasteiger partial charge is 0.287 e. The van der Waals surface area contributed by atoms with Crippen molar-refractivity contribution in [1.29, 1.82) is 0 Å². The fraction of sp³-hybridized carbons (Fsp3) is 0.409. The molecule has 0 saturated heterocycles. The van der Waals surface area contributed by atoms with Crippen LogP contribution >= 0.6 is 0 Å². The Labute approximate surface area is 185 Å². The molecular formula is C22H27N7O3. The lowest BCUT2D eigenvalue weighted by molar-refractivity contribution is -0.384. The number of aromatic nitrogens is 3. The molecule has 1 fully saturated rings. The SMILES string of the molecule is CN(C)c1nc(NC2CCC(CNC(=O)c3cc([N+](=O)[O-])c[nH]3)CC2)nc2ccccc12. The van der Waals surface area contributed by atoms with E-state index in [1.807, 2.05) is 43.3 Å². The van der Waals surface area contributed by atoms with Gasteiger partial charge in [-0.15, -0.1) is 0 Å². The number of nitrogens with zero attached hydrogens (tertiary/aromatic N) is 4. The molecule has 0 radical (unpaired) electrons. The maximum atomic E-state index is 12.2. The van der Waals surface area contributed by atoms with Gasteiger partial charge in [-0.3, -0.25) is 14.9 Å². The summed E-state index contributed by atoms with van der Waals surface area (Å²) in [4.78, 5) is 36.5.